The predicted octanol–water partition coefficient (Wildman–Crippen LogP) is 3.58. The van der Waals surface area contributed by atoms with Gasteiger partial charge in [-0.25, -0.2) is 0 Å². The summed E-state index contributed by atoms with van der Waals surface area (Å²) in [6.45, 7) is 0. The second-order valence-electron chi connectivity index (χ2n) is 5.27. The lowest BCUT2D eigenvalue weighted by molar-refractivity contribution is -0.115. The number of nitrogens with two attached hydrogens (primary N) is 1. The van der Waals surface area contributed by atoms with Crippen LogP contribution in [0.2, 0.25) is 0 Å². The minimum atomic E-state index is 0.182. The van der Waals surface area contributed by atoms with Crippen LogP contribution in [0.5, 0.6) is 0 Å². The van der Waals surface area contributed by atoms with Crippen LogP contribution < -0.4 is 5.73 Å². The van der Waals surface area contributed by atoms with Gasteiger partial charge in [-0.2, -0.15) is 0 Å². The Balaban J connectivity index is 1.60. The zero-order valence-corrected chi connectivity index (χ0v) is 11.3. The molecule has 0 radical (unpaired) electrons. The molecule has 2 nitrogen and oxygen atoms in total. The van der Waals surface area contributed by atoms with Crippen LogP contribution in [0.3, 0.4) is 0 Å². The number of anilines is 1. The number of fused-ring (bicyclic) bond motifs is 1. The minimum absolute atomic E-state index is 0.182. The summed E-state index contributed by atoms with van der Waals surface area (Å²) in [7, 11) is 0. The molecule has 0 saturated heterocycles. The van der Waals surface area contributed by atoms with E-state index in [1.165, 1.54) is 11.1 Å². The zero-order chi connectivity index (χ0) is 13.9. The van der Waals surface area contributed by atoms with Gasteiger partial charge < -0.3 is 5.73 Å². The summed E-state index contributed by atoms with van der Waals surface area (Å²) in [5, 5.41) is 0. The van der Waals surface area contributed by atoms with Crippen molar-refractivity contribution in [3.8, 4) is 0 Å². The molecule has 0 heterocycles. The Morgan fingerprint density at radius 1 is 1.15 bits per heavy atom. The molecule has 0 saturated carbocycles. The maximum Gasteiger partial charge on any atom is 0.156 e. The van der Waals surface area contributed by atoms with Crippen LogP contribution in [0.1, 0.15) is 29.0 Å². The molecule has 0 bridgehead atoms. The number of nitrogen functional groups attached to an aromatic ring is 1. The molecule has 100 valence electrons. The molecule has 1 atom stereocenters. The van der Waals surface area contributed by atoms with E-state index in [2.05, 4.69) is 18.2 Å². The number of allylic oxidation sites excluding steroid dienone is 1. The number of rotatable bonds is 4. The van der Waals surface area contributed by atoms with E-state index in [9.17, 15) is 4.79 Å². The van der Waals surface area contributed by atoms with Crippen molar-refractivity contribution in [2.45, 2.75) is 18.8 Å². The quantitative estimate of drug-likeness (QED) is 0.676. The third-order valence-corrected chi connectivity index (χ3v) is 3.81. The van der Waals surface area contributed by atoms with E-state index in [-0.39, 0.29) is 5.78 Å². The monoisotopic (exact) mass is 263 g/mol. The molecule has 0 aliphatic heterocycles. The highest BCUT2D eigenvalue weighted by Gasteiger charge is 2.26. The van der Waals surface area contributed by atoms with Crippen LogP contribution in [0.25, 0.3) is 6.08 Å². The number of carbonyl (C=O) groups excluding carboxylic acids is 1. The molecular weight excluding hydrogens is 246 g/mol. The summed E-state index contributed by atoms with van der Waals surface area (Å²) < 4.78 is 0. The van der Waals surface area contributed by atoms with E-state index in [0.29, 0.717) is 12.3 Å². The molecule has 2 heteroatoms. The number of ketones is 1. The Morgan fingerprint density at radius 2 is 1.90 bits per heavy atom. The zero-order valence-electron chi connectivity index (χ0n) is 11.3. The van der Waals surface area contributed by atoms with E-state index in [4.69, 9.17) is 5.73 Å². The molecule has 0 aromatic heterocycles. The SMILES string of the molecule is Nc1ccc(/C=C/C(=O)CC2Cc3ccccc32)cc1. The van der Waals surface area contributed by atoms with Crippen molar-refractivity contribution in [2.24, 2.45) is 0 Å². The Kier molecular flexibility index (Phi) is 3.38. The van der Waals surface area contributed by atoms with Gasteiger partial charge in [0.25, 0.3) is 0 Å². The van der Waals surface area contributed by atoms with Gasteiger partial charge in [0.15, 0.2) is 5.78 Å². The second kappa shape index (κ2) is 5.33. The Morgan fingerprint density at radius 3 is 2.65 bits per heavy atom. The van der Waals surface area contributed by atoms with E-state index in [0.717, 1.165) is 17.7 Å². The summed E-state index contributed by atoms with van der Waals surface area (Å²) in [6.07, 6.45) is 5.15. The molecule has 3 rings (SSSR count). The Labute approximate surface area is 118 Å². The Bertz CT molecular complexity index is 655. The van der Waals surface area contributed by atoms with Crippen molar-refractivity contribution >= 4 is 17.5 Å². The van der Waals surface area contributed by atoms with Crippen LogP contribution in [-0.2, 0) is 11.2 Å². The normalized spacial score (nSPS) is 16.7. The predicted molar refractivity (Wildman–Crippen MR) is 82.4 cm³/mol. The van der Waals surface area contributed by atoms with E-state index < -0.39 is 0 Å². The standard InChI is InChI=1S/C18H17NO/c19-16-8-5-13(6-9-16)7-10-17(20)12-15-11-14-3-1-2-4-18(14)15/h1-10,15H,11-12,19H2/b10-7+. The van der Waals surface area contributed by atoms with Gasteiger partial charge in [0.2, 0.25) is 0 Å². The summed E-state index contributed by atoms with van der Waals surface area (Å²) in [5.74, 6) is 0.580. The molecule has 2 N–H and O–H groups in total. The van der Waals surface area contributed by atoms with E-state index >= 15 is 0 Å². The number of hydrogen-bond donors (Lipinski definition) is 1. The Hall–Kier alpha value is -2.35. The molecule has 0 spiro atoms. The average Bonchev–Trinajstić information content (AvgIpc) is 2.44. The van der Waals surface area contributed by atoms with Gasteiger partial charge >= 0.3 is 0 Å². The van der Waals surface area contributed by atoms with Crippen LogP contribution in [0.4, 0.5) is 5.69 Å². The van der Waals surface area contributed by atoms with Crippen molar-refractivity contribution < 1.29 is 4.79 Å². The van der Waals surface area contributed by atoms with Crippen molar-refractivity contribution in [3.05, 3.63) is 71.3 Å². The first-order valence-corrected chi connectivity index (χ1v) is 6.86. The lowest BCUT2D eigenvalue weighted by atomic mass is 9.75. The van der Waals surface area contributed by atoms with E-state index in [1.54, 1.807) is 6.08 Å². The summed E-state index contributed by atoms with van der Waals surface area (Å²) in [6, 6.07) is 15.9. The third-order valence-electron chi connectivity index (χ3n) is 3.81. The molecule has 0 fully saturated rings. The molecule has 2 aromatic carbocycles. The lowest BCUT2D eigenvalue weighted by Crippen LogP contribution is -2.19. The first-order chi connectivity index (χ1) is 9.72. The maximum absolute atomic E-state index is 12.0. The lowest BCUT2D eigenvalue weighted by Gasteiger charge is -2.29. The van der Waals surface area contributed by atoms with Crippen molar-refractivity contribution in [2.75, 3.05) is 5.73 Å². The number of carbonyl (C=O) groups is 1. The summed E-state index contributed by atoms with van der Waals surface area (Å²) in [4.78, 5) is 12.0. The molecule has 20 heavy (non-hydrogen) atoms. The van der Waals surface area contributed by atoms with Crippen LogP contribution in [0, 0.1) is 0 Å². The highest BCUT2D eigenvalue weighted by molar-refractivity contribution is 5.94. The third kappa shape index (κ3) is 2.64. The van der Waals surface area contributed by atoms with Gasteiger partial charge in [-0.15, -0.1) is 0 Å². The van der Waals surface area contributed by atoms with Gasteiger partial charge in [0, 0.05) is 12.1 Å². The highest BCUT2D eigenvalue weighted by Crippen LogP contribution is 2.37. The molecule has 2 aromatic rings. The van der Waals surface area contributed by atoms with Gasteiger partial charge in [-0.05, 0) is 47.2 Å². The number of hydrogen-bond acceptors (Lipinski definition) is 2. The maximum atomic E-state index is 12.0. The first kappa shape index (κ1) is 12.7. The fourth-order valence-electron chi connectivity index (χ4n) is 2.65. The van der Waals surface area contributed by atoms with Crippen molar-refractivity contribution in [1.29, 1.82) is 0 Å². The van der Waals surface area contributed by atoms with E-state index in [1.807, 2.05) is 36.4 Å². The highest BCUT2D eigenvalue weighted by atomic mass is 16.1. The van der Waals surface area contributed by atoms with Crippen molar-refractivity contribution in [1.82, 2.24) is 0 Å². The topological polar surface area (TPSA) is 43.1 Å². The number of benzene rings is 2. The van der Waals surface area contributed by atoms with Crippen LogP contribution >= 0.6 is 0 Å². The fraction of sp³-hybridized carbons (Fsp3) is 0.167. The van der Waals surface area contributed by atoms with Gasteiger partial charge in [0.1, 0.15) is 0 Å². The minimum Gasteiger partial charge on any atom is -0.399 e. The average molecular weight is 263 g/mol. The largest absolute Gasteiger partial charge is 0.399 e. The first-order valence-electron chi connectivity index (χ1n) is 6.86. The molecule has 1 aliphatic carbocycles. The van der Waals surface area contributed by atoms with Gasteiger partial charge in [-0.1, -0.05) is 42.5 Å². The summed E-state index contributed by atoms with van der Waals surface area (Å²) >= 11 is 0. The van der Waals surface area contributed by atoms with Crippen LogP contribution in [0.15, 0.2) is 54.6 Å². The van der Waals surface area contributed by atoms with Crippen LogP contribution in [-0.4, -0.2) is 5.78 Å². The second-order valence-corrected chi connectivity index (χ2v) is 5.27. The smallest absolute Gasteiger partial charge is 0.156 e. The van der Waals surface area contributed by atoms with Crippen molar-refractivity contribution in [3.63, 3.8) is 0 Å². The van der Waals surface area contributed by atoms with Gasteiger partial charge in [0.05, 0.1) is 0 Å². The summed E-state index contributed by atoms with van der Waals surface area (Å²) in [5.41, 5.74) is 10.1. The fourth-order valence-corrected chi connectivity index (χ4v) is 2.65. The molecular formula is C18H17NO. The molecule has 1 aliphatic rings. The molecule has 1 unspecified atom stereocenters. The molecule has 0 amide bonds. The van der Waals surface area contributed by atoms with Gasteiger partial charge in [-0.3, -0.25) is 4.79 Å².